The molecule has 0 aliphatic carbocycles. The molecule has 0 saturated carbocycles. The Hall–Kier alpha value is -3.08. The number of aryl methyl sites for hydroxylation is 1. The van der Waals surface area contributed by atoms with Gasteiger partial charge in [-0.3, -0.25) is 9.67 Å². The average molecular weight is 317 g/mol. The monoisotopic (exact) mass is 317 g/mol. The van der Waals surface area contributed by atoms with Crippen molar-refractivity contribution in [3.8, 4) is 11.3 Å². The predicted molar refractivity (Wildman–Crippen MR) is 98.0 cm³/mol. The number of fused-ring (bicyclic) bond motifs is 1. The van der Waals surface area contributed by atoms with E-state index in [0.29, 0.717) is 6.54 Å². The number of benzene rings is 2. The van der Waals surface area contributed by atoms with Gasteiger partial charge < -0.3 is 11.1 Å². The third kappa shape index (κ3) is 2.76. The van der Waals surface area contributed by atoms with Crippen LogP contribution in [0.5, 0.6) is 0 Å². The Bertz CT molecular complexity index is 906. The third-order valence-electron chi connectivity index (χ3n) is 4.29. The summed E-state index contributed by atoms with van der Waals surface area (Å²) in [5.41, 5.74) is 12.4. The summed E-state index contributed by atoms with van der Waals surface area (Å²) in [7, 11) is 1.95. The van der Waals surface area contributed by atoms with Crippen molar-refractivity contribution in [2.75, 3.05) is 11.1 Å². The molecule has 5 heteroatoms. The first-order chi connectivity index (χ1) is 11.7. The SMILES string of the molecule is Cn1nccc1-c1ccc(CN=C2Cc3ccc(N)cc3N2)cc1. The second kappa shape index (κ2) is 5.85. The number of aromatic nitrogens is 2. The number of aliphatic imine (C=N–C) groups is 1. The van der Waals surface area contributed by atoms with E-state index < -0.39 is 0 Å². The minimum atomic E-state index is 0.664. The van der Waals surface area contributed by atoms with Crippen LogP contribution in [0.2, 0.25) is 0 Å². The minimum Gasteiger partial charge on any atom is -0.399 e. The van der Waals surface area contributed by atoms with Gasteiger partial charge in [-0.2, -0.15) is 5.10 Å². The highest BCUT2D eigenvalue weighted by Gasteiger charge is 2.15. The zero-order valence-electron chi connectivity index (χ0n) is 13.5. The van der Waals surface area contributed by atoms with Crippen LogP contribution in [0.4, 0.5) is 11.4 Å². The number of nitrogens with one attached hydrogen (secondary N) is 1. The van der Waals surface area contributed by atoms with Crippen molar-refractivity contribution < 1.29 is 0 Å². The number of anilines is 2. The molecule has 1 aliphatic heterocycles. The highest BCUT2D eigenvalue weighted by atomic mass is 15.3. The first-order valence-electron chi connectivity index (χ1n) is 7.95. The molecule has 0 amide bonds. The van der Waals surface area contributed by atoms with E-state index in [2.05, 4.69) is 40.7 Å². The summed E-state index contributed by atoms with van der Waals surface area (Å²) in [4.78, 5) is 4.69. The highest BCUT2D eigenvalue weighted by Crippen LogP contribution is 2.26. The fourth-order valence-electron chi connectivity index (χ4n) is 2.96. The van der Waals surface area contributed by atoms with Gasteiger partial charge in [0, 0.05) is 31.0 Å². The molecule has 0 saturated heterocycles. The molecule has 5 nitrogen and oxygen atoms in total. The summed E-state index contributed by atoms with van der Waals surface area (Å²) >= 11 is 0. The number of nitrogens with two attached hydrogens (primary N) is 1. The molecule has 2 aromatic carbocycles. The lowest BCUT2D eigenvalue weighted by molar-refractivity contribution is 0.776. The van der Waals surface area contributed by atoms with Gasteiger partial charge in [-0.25, -0.2) is 0 Å². The first kappa shape index (κ1) is 14.5. The van der Waals surface area contributed by atoms with E-state index in [0.717, 1.165) is 34.9 Å². The van der Waals surface area contributed by atoms with E-state index in [4.69, 9.17) is 10.7 Å². The largest absolute Gasteiger partial charge is 0.399 e. The van der Waals surface area contributed by atoms with Crippen LogP contribution in [-0.4, -0.2) is 15.6 Å². The Morgan fingerprint density at radius 3 is 2.75 bits per heavy atom. The van der Waals surface area contributed by atoms with Crippen molar-refractivity contribution in [3.05, 3.63) is 65.9 Å². The highest BCUT2D eigenvalue weighted by molar-refractivity contribution is 6.03. The summed E-state index contributed by atoms with van der Waals surface area (Å²) in [5.74, 6) is 0.992. The lowest BCUT2D eigenvalue weighted by Crippen LogP contribution is -2.06. The van der Waals surface area contributed by atoms with Crippen molar-refractivity contribution in [1.29, 1.82) is 0 Å². The van der Waals surface area contributed by atoms with Gasteiger partial charge >= 0.3 is 0 Å². The van der Waals surface area contributed by atoms with E-state index >= 15 is 0 Å². The Labute approximate surface area is 140 Å². The molecule has 24 heavy (non-hydrogen) atoms. The summed E-state index contributed by atoms with van der Waals surface area (Å²) in [6, 6.07) is 16.4. The van der Waals surface area contributed by atoms with Crippen LogP contribution in [0.1, 0.15) is 11.1 Å². The summed E-state index contributed by atoms with van der Waals surface area (Å²) in [6.07, 6.45) is 2.65. The third-order valence-corrected chi connectivity index (χ3v) is 4.29. The number of nitrogens with zero attached hydrogens (tertiary/aromatic N) is 3. The van der Waals surface area contributed by atoms with Gasteiger partial charge in [-0.15, -0.1) is 0 Å². The Morgan fingerprint density at radius 2 is 2.00 bits per heavy atom. The molecule has 1 aliphatic rings. The molecule has 3 aromatic rings. The van der Waals surface area contributed by atoms with Gasteiger partial charge in [-0.1, -0.05) is 30.3 Å². The Balaban J connectivity index is 1.46. The van der Waals surface area contributed by atoms with Gasteiger partial charge in [-0.05, 0) is 34.9 Å². The number of nitrogen functional groups attached to an aromatic ring is 1. The molecule has 1 aromatic heterocycles. The van der Waals surface area contributed by atoms with Crippen LogP contribution in [-0.2, 0) is 20.0 Å². The lowest BCUT2D eigenvalue weighted by Gasteiger charge is -2.04. The molecular formula is C19H19N5. The van der Waals surface area contributed by atoms with Crippen LogP contribution in [0, 0.1) is 0 Å². The fraction of sp³-hybridized carbons (Fsp3) is 0.158. The molecule has 0 spiro atoms. The average Bonchev–Trinajstić information content (AvgIpc) is 3.19. The summed E-state index contributed by atoms with van der Waals surface area (Å²) in [6.45, 7) is 0.664. The fourth-order valence-corrected chi connectivity index (χ4v) is 2.96. The smallest absolute Gasteiger partial charge is 0.106 e. The van der Waals surface area contributed by atoms with E-state index in [9.17, 15) is 0 Å². The number of hydrogen-bond donors (Lipinski definition) is 2. The Morgan fingerprint density at radius 1 is 1.17 bits per heavy atom. The standard InChI is InChI=1S/C19H19N5/c1-24-18(8-9-22-24)14-4-2-13(3-5-14)12-21-19-10-15-6-7-16(20)11-17(15)23-19/h2-9,11H,10,12,20H2,1H3,(H,21,23). The topological polar surface area (TPSA) is 68.2 Å². The van der Waals surface area contributed by atoms with Crippen LogP contribution in [0.15, 0.2) is 59.7 Å². The number of rotatable bonds is 3. The van der Waals surface area contributed by atoms with E-state index in [1.54, 1.807) is 0 Å². The molecule has 0 bridgehead atoms. The molecule has 2 heterocycles. The zero-order valence-corrected chi connectivity index (χ0v) is 13.5. The molecule has 0 atom stereocenters. The minimum absolute atomic E-state index is 0.664. The maximum absolute atomic E-state index is 5.82. The van der Waals surface area contributed by atoms with E-state index in [1.807, 2.05) is 36.1 Å². The molecule has 3 N–H and O–H groups in total. The number of hydrogen-bond acceptors (Lipinski definition) is 3. The van der Waals surface area contributed by atoms with Gasteiger partial charge in [0.05, 0.1) is 12.2 Å². The maximum atomic E-state index is 5.82. The van der Waals surface area contributed by atoms with Gasteiger partial charge in [0.25, 0.3) is 0 Å². The van der Waals surface area contributed by atoms with Crippen molar-refractivity contribution in [2.24, 2.45) is 12.0 Å². The quantitative estimate of drug-likeness (QED) is 0.729. The van der Waals surface area contributed by atoms with Crippen LogP contribution < -0.4 is 11.1 Å². The Kier molecular flexibility index (Phi) is 3.54. The van der Waals surface area contributed by atoms with E-state index in [1.165, 1.54) is 11.1 Å². The van der Waals surface area contributed by atoms with Crippen LogP contribution in [0.3, 0.4) is 0 Å². The summed E-state index contributed by atoms with van der Waals surface area (Å²) < 4.78 is 1.88. The molecular weight excluding hydrogens is 298 g/mol. The second-order valence-electron chi connectivity index (χ2n) is 6.02. The molecule has 0 radical (unpaired) electrons. The van der Waals surface area contributed by atoms with E-state index in [-0.39, 0.29) is 0 Å². The number of amidine groups is 1. The second-order valence-corrected chi connectivity index (χ2v) is 6.02. The van der Waals surface area contributed by atoms with Crippen LogP contribution >= 0.6 is 0 Å². The van der Waals surface area contributed by atoms with Gasteiger partial charge in [0.2, 0.25) is 0 Å². The zero-order chi connectivity index (χ0) is 16.5. The predicted octanol–water partition coefficient (Wildman–Crippen LogP) is 3.24. The van der Waals surface area contributed by atoms with Crippen LogP contribution in [0.25, 0.3) is 11.3 Å². The van der Waals surface area contributed by atoms with Gasteiger partial charge in [0.1, 0.15) is 5.84 Å². The lowest BCUT2D eigenvalue weighted by atomic mass is 10.1. The first-order valence-corrected chi connectivity index (χ1v) is 7.95. The molecule has 120 valence electrons. The van der Waals surface area contributed by atoms with Gasteiger partial charge in [0.15, 0.2) is 0 Å². The van der Waals surface area contributed by atoms with Crippen molar-refractivity contribution in [2.45, 2.75) is 13.0 Å². The van der Waals surface area contributed by atoms with Crippen molar-refractivity contribution >= 4 is 17.2 Å². The molecule has 0 unspecified atom stereocenters. The van der Waals surface area contributed by atoms with Crippen molar-refractivity contribution in [1.82, 2.24) is 9.78 Å². The summed E-state index contributed by atoms with van der Waals surface area (Å²) in [5, 5.41) is 7.55. The normalized spacial score (nSPS) is 14.6. The van der Waals surface area contributed by atoms with Crippen molar-refractivity contribution in [3.63, 3.8) is 0 Å². The molecule has 4 rings (SSSR count). The maximum Gasteiger partial charge on any atom is 0.106 e. The molecule has 0 fully saturated rings.